The molecular weight excluding hydrogens is 338 g/mol. The van der Waals surface area contributed by atoms with Crippen molar-refractivity contribution in [3.05, 3.63) is 77.9 Å². The molecule has 2 N–H and O–H groups in total. The van der Waals surface area contributed by atoms with E-state index in [9.17, 15) is 9.90 Å². The summed E-state index contributed by atoms with van der Waals surface area (Å²) in [6, 6.07) is 18.8. The first kappa shape index (κ1) is 18.2. The van der Waals surface area contributed by atoms with Crippen molar-refractivity contribution < 1.29 is 9.90 Å². The third-order valence-corrected chi connectivity index (χ3v) is 4.13. The van der Waals surface area contributed by atoms with E-state index in [4.69, 9.17) is 0 Å². The Hall–Kier alpha value is -3.60. The third-order valence-electron chi connectivity index (χ3n) is 4.13. The van der Waals surface area contributed by atoms with Crippen molar-refractivity contribution in [1.82, 2.24) is 5.43 Å². The van der Waals surface area contributed by atoms with Gasteiger partial charge >= 0.3 is 0 Å². The van der Waals surface area contributed by atoms with Crippen molar-refractivity contribution in [2.24, 2.45) is 5.10 Å². The minimum absolute atomic E-state index is 0.0714. The van der Waals surface area contributed by atoms with Crippen LogP contribution in [0, 0.1) is 0 Å². The molecule has 0 fully saturated rings. The van der Waals surface area contributed by atoms with Gasteiger partial charge in [-0.3, -0.25) is 4.79 Å². The molecule has 0 aromatic heterocycles. The van der Waals surface area contributed by atoms with Gasteiger partial charge in [0.25, 0.3) is 5.91 Å². The topological polar surface area (TPSA) is 64.9 Å². The first-order chi connectivity index (χ1) is 13.0. The number of anilines is 1. The summed E-state index contributed by atoms with van der Waals surface area (Å²) >= 11 is 0. The number of hydrogen-bond donors (Lipinski definition) is 2. The summed E-state index contributed by atoms with van der Waals surface area (Å²) in [5, 5.41) is 15.7. The van der Waals surface area contributed by atoms with Crippen LogP contribution in [0.15, 0.2) is 71.8 Å². The Bertz CT molecular complexity index is 1010. The number of hydrazone groups is 1. The lowest BCUT2D eigenvalue weighted by Gasteiger charge is -2.11. The van der Waals surface area contributed by atoms with Crippen molar-refractivity contribution in [2.75, 3.05) is 19.0 Å². The molecule has 0 atom stereocenters. The van der Waals surface area contributed by atoms with E-state index in [1.165, 1.54) is 6.21 Å². The van der Waals surface area contributed by atoms with Gasteiger partial charge in [0.2, 0.25) is 0 Å². The van der Waals surface area contributed by atoms with E-state index >= 15 is 0 Å². The zero-order chi connectivity index (χ0) is 19.2. The van der Waals surface area contributed by atoms with Gasteiger partial charge in [-0.15, -0.1) is 0 Å². The van der Waals surface area contributed by atoms with Crippen LogP contribution in [0.3, 0.4) is 0 Å². The lowest BCUT2D eigenvalue weighted by molar-refractivity contribution is 0.0952. The SMILES string of the molecule is CN(C)c1ccc(C=CC=NNC(=O)c2cc3ccccc3cc2O)cc1. The Labute approximate surface area is 158 Å². The summed E-state index contributed by atoms with van der Waals surface area (Å²) in [5.74, 6) is -0.531. The average Bonchev–Trinajstić information content (AvgIpc) is 2.67. The minimum Gasteiger partial charge on any atom is -0.507 e. The Balaban J connectivity index is 1.62. The monoisotopic (exact) mass is 359 g/mol. The standard InChI is InChI=1S/C22H21N3O2/c1-25(2)19-11-9-16(10-12-19)6-5-13-23-24-22(27)20-14-17-7-3-4-8-18(17)15-21(20)26/h3-15,26H,1-2H3,(H,24,27). The number of fused-ring (bicyclic) bond motifs is 1. The molecule has 0 aliphatic heterocycles. The maximum atomic E-state index is 12.2. The van der Waals surface area contributed by atoms with Gasteiger partial charge < -0.3 is 10.0 Å². The maximum absolute atomic E-state index is 12.2. The fourth-order valence-corrected chi connectivity index (χ4v) is 2.65. The number of rotatable bonds is 5. The van der Waals surface area contributed by atoms with Gasteiger partial charge in [0, 0.05) is 26.0 Å². The first-order valence-electron chi connectivity index (χ1n) is 8.54. The van der Waals surface area contributed by atoms with Crippen LogP contribution in [0.1, 0.15) is 15.9 Å². The number of carbonyl (C=O) groups excluding carboxylic acids is 1. The van der Waals surface area contributed by atoms with Crippen molar-refractivity contribution in [1.29, 1.82) is 0 Å². The highest BCUT2D eigenvalue weighted by Crippen LogP contribution is 2.24. The van der Waals surface area contributed by atoms with Gasteiger partial charge in [0.1, 0.15) is 5.75 Å². The highest BCUT2D eigenvalue weighted by molar-refractivity contribution is 6.01. The van der Waals surface area contributed by atoms with E-state index < -0.39 is 5.91 Å². The zero-order valence-electron chi connectivity index (χ0n) is 15.3. The number of nitrogens with zero attached hydrogens (tertiary/aromatic N) is 2. The van der Waals surface area contributed by atoms with Crippen LogP contribution < -0.4 is 10.3 Å². The maximum Gasteiger partial charge on any atom is 0.275 e. The average molecular weight is 359 g/mol. The number of hydrogen-bond acceptors (Lipinski definition) is 4. The number of amides is 1. The largest absolute Gasteiger partial charge is 0.507 e. The quantitative estimate of drug-likeness (QED) is 0.534. The molecule has 3 aromatic carbocycles. The lowest BCUT2D eigenvalue weighted by atomic mass is 10.1. The van der Waals surface area contributed by atoms with Gasteiger partial charge in [0.15, 0.2) is 0 Å². The van der Waals surface area contributed by atoms with E-state index in [0.29, 0.717) is 0 Å². The number of aromatic hydroxyl groups is 1. The Morgan fingerprint density at radius 3 is 2.37 bits per heavy atom. The Morgan fingerprint density at radius 1 is 1.04 bits per heavy atom. The number of allylic oxidation sites excluding steroid dienone is 1. The van der Waals surface area contributed by atoms with Gasteiger partial charge in [-0.1, -0.05) is 42.5 Å². The molecule has 136 valence electrons. The van der Waals surface area contributed by atoms with Gasteiger partial charge in [0.05, 0.1) is 5.56 Å². The minimum atomic E-state index is -0.460. The highest BCUT2D eigenvalue weighted by atomic mass is 16.3. The van der Waals surface area contributed by atoms with Crippen LogP contribution in [0.2, 0.25) is 0 Å². The van der Waals surface area contributed by atoms with Crippen LogP contribution in [0.25, 0.3) is 16.8 Å². The van der Waals surface area contributed by atoms with E-state index in [1.54, 1.807) is 18.2 Å². The number of phenolic OH excluding ortho intramolecular Hbond substituents is 1. The highest BCUT2D eigenvalue weighted by Gasteiger charge is 2.11. The molecule has 0 saturated heterocycles. The van der Waals surface area contributed by atoms with Crippen LogP contribution in [-0.4, -0.2) is 31.3 Å². The summed E-state index contributed by atoms with van der Waals surface area (Å²) < 4.78 is 0. The van der Waals surface area contributed by atoms with Crippen LogP contribution in [0.5, 0.6) is 5.75 Å². The number of benzene rings is 3. The number of nitrogens with one attached hydrogen (secondary N) is 1. The predicted octanol–water partition coefficient (Wildman–Crippen LogP) is 4.04. The lowest BCUT2D eigenvalue weighted by Crippen LogP contribution is -2.17. The van der Waals surface area contributed by atoms with E-state index in [0.717, 1.165) is 22.0 Å². The van der Waals surface area contributed by atoms with Gasteiger partial charge in [-0.05, 0) is 46.7 Å². The summed E-state index contributed by atoms with van der Waals surface area (Å²) in [5.41, 5.74) is 4.78. The zero-order valence-corrected chi connectivity index (χ0v) is 15.3. The second kappa shape index (κ2) is 8.19. The molecule has 1 amide bonds. The number of phenols is 1. The van der Waals surface area contributed by atoms with Gasteiger partial charge in [-0.25, -0.2) is 5.43 Å². The van der Waals surface area contributed by atoms with E-state index in [-0.39, 0.29) is 11.3 Å². The molecule has 0 unspecified atom stereocenters. The van der Waals surface area contributed by atoms with Crippen molar-refractivity contribution in [3.8, 4) is 5.75 Å². The van der Waals surface area contributed by atoms with Crippen LogP contribution in [0.4, 0.5) is 5.69 Å². The van der Waals surface area contributed by atoms with Crippen molar-refractivity contribution in [2.45, 2.75) is 0 Å². The molecule has 0 aliphatic rings. The van der Waals surface area contributed by atoms with Crippen molar-refractivity contribution >= 4 is 34.7 Å². The van der Waals surface area contributed by atoms with Crippen LogP contribution >= 0.6 is 0 Å². The molecule has 5 nitrogen and oxygen atoms in total. The summed E-state index contributed by atoms with van der Waals surface area (Å²) in [4.78, 5) is 14.3. The molecule has 0 aliphatic carbocycles. The summed E-state index contributed by atoms with van der Waals surface area (Å²) in [6.07, 6.45) is 5.13. The summed E-state index contributed by atoms with van der Waals surface area (Å²) in [7, 11) is 3.99. The van der Waals surface area contributed by atoms with E-state index in [1.807, 2.05) is 73.6 Å². The smallest absolute Gasteiger partial charge is 0.275 e. The number of carbonyl (C=O) groups is 1. The second-order valence-corrected chi connectivity index (χ2v) is 6.28. The van der Waals surface area contributed by atoms with Crippen LogP contribution in [-0.2, 0) is 0 Å². The fourth-order valence-electron chi connectivity index (χ4n) is 2.65. The second-order valence-electron chi connectivity index (χ2n) is 6.28. The Kier molecular flexibility index (Phi) is 5.52. The molecule has 27 heavy (non-hydrogen) atoms. The summed E-state index contributed by atoms with van der Waals surface area (Å²) in [6.45, 7) is 0. The molecule has 3 aromatic rings. The molecular formula is C22H21N3O2. The molecule has 3 rings (SSSR count). The predicted molar refractivity (Wildman–Crippen MR) is 111 cm³/mol. The van der Waals surface area contributed by atoms with E-state index in [2.05, 4.69) is 10.5 Å². The molecule has 0 bridgehead atoms. The molecule has 0 spiro atoms. The molecule has 0 heterocycles. The normalized spacial score (nSPS) is 11.3. The van der Waals surface area contributed by atoms with Crippen molar-refractivity contribution in [3.63, 3.8) is 0 Å². The molecule has 0 radical (unpaired) electrons. The molecule has 0 saturated carbocycles. The first-order valence-corrected chi connectivity index (χ1v) is 8.54. The fraction of sp³-hybridized carbons (Fsp3) is 0.0909. The Morgan fingerprint density at radius 2 is 1.70 bits per heavy atom. The van der Waals surface area contributed by atoms with Gasteiger partial charge in [-0.2, -0.15) is 5.10 Å². The molecule has 5 heteroatoms. The third kappa shape index (κ3) is 4.52.